The van der Waals surface area contributed by atoms with Gasteiger partial charge in [0.25, 0.3) is 0 Å². The molecule has 0 saturated heterocycles. The van der Waals surface area contributed by atoms with Crippen LogP contribution in [0.25, 0.3) is 0 Å². The number of likely N-dealkylation sites (N-methyl/N-ethyl adjacent to an activating group) is 1. The number of rotatable bonds is 7. The van der Waals surface area contributed by atoms with Crippen LogP contribution in [-0.2, 0) is 15.4 Å². The van der Waals surface area contributed by atoms with Gasteiger partial charge in [-0.3, -0.25) is 5.43 Å². The van der Waals surface area contributed by atoms with Gasteiger partial charge in [-0.15, -0.1) is 0 Å². The molecule has 0 atom stereocenters. The Labute approximate surface area is 179 Å². The molecule has 0 aliphatic carbocycles. The summed E-state index contributed by atoms with van der Waals surface area (Å²) < 4.78 is 26.4. The van der Waals surface area contributed by atoms with E-state index in [9.17, 15) is 8.42 Å². The first kappa shape index (κ1) is 22.0. The van der Waals surface area contributed by atoms with Crippen LogP contribution in [0.4, 0.5) is 11.5 Å². The second kappa shape index (κ2) is 8.57. The molecule has 0 bridgehead atoms. The predicted octanol–water partition coefficient (Wildman–Crippen LogP) is 3.82. The van der Waals surface area contributed by atoms with E-state index in [4.69, 9.17) is 0 Å². The number of pyridine rings is 1. The van der Waals surface area contributed by atoms with Crippen molar-refractivity contribution < 1.29 is 8.42 Å². The Morgan fingerprint density at radius 1 is 1.17 bits per heavy atom. The van der Waals surface area contributed by atoms with E-state index in [1.54, 1.807) is 18.3 Å². The third-order valence-corrected chi connectivity index (χ3v) is 7.54. The van der Waals surface area contributed by atoms with Crippen LogP contribution in [0.15, 0.2) is 64.4 Å². The topological polar surface area (TPSA) is 77.9 Å². The maximum Gasteiger partial charge on any atom is 0.244 e. The lowest BCUT2D eigenvalue weighted by atomic mass is 9.84. The molecular formula is C22H29N5O2S. The number of nitrogens with zero attached hydrogens (tertiary/aromatic N) is 4. The highest BCUT2D eigenvalue weighted by atomic mass is 32.2. The number of nitrogens with one attached hydrogen (secondary N) is 1. The molecule has 2 heterocycles. The van der Waals surface area contributed by atoms with Crippen molar-refractivity contribution in [2.75, 3.05) is 30.5 Å². The fourth-order valence-electron chi connectivity index (χ4n) is 3.82. The lowest BCUT2D eigenvalue weighted by Crippen LogP contribution is -2.30. The van der Waals surface area contributed by atoms with Gasteiger partial charge in [0.2, 0.25) is 10.0 Å². The van der Waals surface area contributed by atoms with Gasteiger partial charge in [0.05, 0.1) is 0 Å². The Morgan fingerprint density at radius 3 is 2.47 bits per heavy atom. The minimum Gasteiger partial charge on any atom is -0.347 e. The van der Waals surface area contributed by atoms with Gasteiger partial charge in [0, 0.05) is 49.3 Å². The van der Waals surface area contributed by atoms with Crippen molar-refractivity contribution >= 4 is 27.7 Å². The fraction of sp³-hybridized carbons (Fsp3) is 0.364. The van der Waals surface area contributed by atoms with Gasteiger partial charge in [-0.1, -0.05) is 45.9 Å². The summed E-state index contributed by atoms with van der Waals surface area (Å²) in [5, 5.41) is 4.23. The monoisotopic (exact) mass is 427 g/mol. The van der Waals surface area contributed by atoms with E-state index in [-0.39, 0.29) is 10.3 Å². The normalized spacial score (nSPS) is 17.1. The average molecular weight is 428 g/mol. The van der Waals surface area contributed by atoms with E-state index in [1.165, 1.54) is 21.8 Å². The Balaban J connectivity index is 1.71. The van der Waals surface area contributed by atoms with Crippen molar-refractivity contribution in [1.29, 1.82) is 0 Å². The van der Waals surface area contributed by atoms with E-state index < -0.39 is 10.0 Å². The summed E-state index contributed by atoms with van der Waals surface area (Å²) in [4.78, 5) is 6.53. The molecule has 0 unspecified atom stereocenters. The largest absolute Gasteiger partial charge is 0.347 e. The van der Waals surface area contributed by atoms with Crippen molar-refractivity contribution in [3.05, 3.63) is 59.9 Å². The van der Waals surface area contributed by atoms with Crippen LogP contribution >= 0.6 is 0 Å². The summed E-state index contributed by atoms with van der Waals surface area (Å²) in [6.07, 6.45) is 5.03. The number of allylic oxidation sites excluding steroid dienone is 2. The van der Waals surface area contributed by atoms with Crippen LogP contribution in [0.3, 0.4) is 0 Å². The number of hydrogen-bond acceptors (Lipinski definition) is 6. The number of para-hydroxylation sites is 1. The Hall–Kier alpha value is -2.71. The van der Waals surface area contributed by atoms with E-state index in [2.05, 4.69) is 59.5 Å². The summed E-state index contributed by atoms with van der Waals surface area (Å²) >= 11 is 0. The number of hydrazone groups is 1. The molecule has 0 saturated carbocycles. The molecular weight excluding hydrogens is 398 g/mol. The molecule has 1 N–H and O–H groups in total. The summed E-state index contributed by atoms with van der Waals surface area (Å²) in [5.74, 6) is 0.477. The first-order valence-electron chi connectivity index (χ1n) is 10.0. The maximum atomic E-state index is 12.5. The van der Waals surface area contributed by atoms with E-state index in [0.29, 0.717) is 18.9 Å². The molecule has 3 rings (SSSR count). The lowest BCUT2D eigenvalue weighted by Gasteiger charge is -2.23. The van der Waals surface area contributed by atoms with Gasteiger partial charge in [-0.05, 0) is 29.8 Å². The number of hydrogen-bond donors (Lipinski definition) is 1. The van der Waals surface area contributed by atoms with Gasteiger partial charge in [0.15, 0.2) is 0 Å². The zero-order valence-corrected chi connectivity index (χ0v) is 18.9. The third kappa shape index (κ3) is 3.97. The van der Waals surface area contributed by atoms with Crippen molar-refractivity contribution in [2.45, 2.75) is 38.0 Å². The molecule has 160 valence electrons. The van der Waals surface area contributed by atoms with Gasteiger partial charge in [0.1, 0.15) is 10.7 Å². The number of fused-ring (bicyclic) bond motifs is 1. The summed E-state index contributed by atoms with van der Waals surface area (Å²) in [6, 6.07) is 11.5. The summed E-state index contributed by atoms with van der Waals surface area (Å²) in [7, 11) is -1.46. The Morgan fingerprint density at radius 2 is 1.87 bits per heavy atom. The quantitative estimate of drug-likeness (QED) is 0.537. The highest BCUT2D eigenvalue weighted by molar-refractivity contribution is 7.89. The molecule has 0 fully saturated rings. The SMILES string of the molecule is CCN(CC)S(=O)(=O)c1ccc(NN=CC=C2N(C)c3ccccc3C2(C)C)nc1. The van der Waals surface area contributed by atoms with Gasteiger partial charge >= 0.3 is 0 Å². The standard InChI is InChI=1S/C22H29N5O2S/c1-6-27(7-2)30(28,29)17-12-13-21(23-16-17)25-24-15-14-20-22(3,4)18-10-8-9-11-19(18)26(20)5/h8-16H,6-7H2,1-5H3,(H,23,25). The van der Waals surface area contributed by atoms with Gasteiger partial charge in [-0.25, -0.2) is 13.4 Å². The molecule has 0 radical (unpaired) electrons. The minimum atomic E-state index is -3.51. The number of benzene rings is 1. The van der Waals surface area contributed by atoms with Crippen LogP contribution in [0.5, 0.6) is 0 Å². The number of aromatic nitrogens is 1. The number of anilines is 2. The van der Waals surface area contributed by atoms with Crippen LogP contribution < -0.4 is 10.3 Å². The van der Waals surface area contributed by atoms with Crippen LogP contribution in [0.1, 0.15) is 33.3 Å². The van der Waals surface area contributed by atoms with Gasteiger partial charge in [-0.2, -0.15) is 9.41 Å². The molecule has 30 heavy (non-hydrogen) atoms. The van der Waals surface area contributed by atoms with Crippen molar-refractivity contribution in [2.24, 2.45) is 5.10 Å². The zero-order valence-electron chi connectivity index (χ0n) is 18.1. The molecule has 1 aliphatic heterocycles. The second-order valence-corrected chi connectivity index (χ2v) is 9.55. The van der Waals surface area contributed by atoms with E-state index in [0.717, 1.165) is 5.70 Å². The molecule has 0 spiro atoms. The smallest absolute Gasteiger partial charge is 0.244 e. The zero-order chi connectivity index (χ0) is 21.9. The molecule has 2 aromatic rings. The van der Waals surface area contributed by atoms with Crippen LogP contribution in [0, 0.1) is 0 Å². The van der Waals surface area contributed by atoms with Crippen molar-refractivity contribution in [3.63, 3.8) is 0 Å². The molecule has 1 aromatic carbocycles. The fourth-order valence-corrected chi connectivity index (χ4v) is 5.23. The second-order valence-electron chi connectivity index (χ2n) is 7.61. The molecule has 0 amide bonds. The van der Waals surface area contributed by atoms with Crippen LogP contribution in [-0.4, -0.2) is 44.1 Å². The van der Waals surface area contributed by atoms with Crippen molar-refractivity contribution in [3.8, 4) is 0 Å². The first-order chi connectivity index (χ1) is 14.2. The summed E-state index contributed by atoms with van der Waals surface area (Å²) in [6.45, 7) is 8.86. The molecule has 8 heteroatoms. The van der Waals surface area contributed by atoms with E-state index >= 15 is 0 Å². The highest BCUT2D eigenvalue weighted by Gasteiger charge is 2.37. The number of sulfonamides is 1. The minimum absolute atomic E-state index is 0.115. The Bertz CT molecular complexity index is 1060. The highest BCUT2D eigenvalue weighted by Crippen LogP contribution is 2.46. The molecule has 1 aromatic heterocycles. The van der Waals surface area contributed by atoms with Crippen LogP contribution in [0.2, 0.25) is 0 Å². The molecule has 1 aliphatic rings. The predicted molar refractivity (Wildman–Crippen MR) is 122 cm³/mol. The molecule has 7 nitrogen and oxygen atoms in total. The third-order valence-electron chi connectivity index (χ3n) is 5.51. The maximum absolute atomic E-state index is 12.5. The average Bonchev–Trinajstić information content (AvgIpc) is 2.92. The first-order valence-corrected chi connectivity index (χ1v) is 11.5. The Kier molecular flexibility index (Phi) is 6.28. The van der Waals surface area contributed by atoms with Gasteiger partial charge < -0.3 is 4.90 Å². The summed E-state index contributed by atoms with van der Waals surface area (Å²) in [5.41, 5.74) is 6.36. The lowest BCUT2D eigenvalue weighted by molar-refractivity contribution is 0.445. The van der Waals surface area contributed by atoms with E-state index in [1.807, 2.05) is 26.0 Å². The van der Waals surface area contributed by atoms with Crippen molar-refractivity contribution in [1.82, 2.24) is 9.29 Å².